The second-order valence-electron chi connectivity index (χ2n) is 6.45. The molecule has 144 valence electrons. The Morgan fingerprint density at radius 1 is 0.929 bits per heavy atom. The zero-order chi connectivity index (χ0) is 19.6. The fourth-order valence-electron chi connectivity index (χ4n) is 2.56. The highest BCUT2D eigenvalue weighted by Crippen LogP contribution is 2.14. The van der Waals surface area contributed by atoms with E-state index >= 15 is 0 Å². The summed E-state index contributed by atoms with van der Waals surface area (Å²) < 4.78 is 11.4. The van der Waals surface area contributed by atoms with Gasteiger partial charge in [0.25, 0.3) is 0 Å². The summed E-state index contributed by atoms with van der Waals surface area (Å²) in [5.74, 6) is 0.645. The Balaban J connectivity index is 1.40. The molecule has 5 heteroatoms. The second kappa shape index (κ2) is 10.2. The molecule has 28 heavy (non-hydrogen) atoms. The maximum absolute atomic E-state index is 12.2. The zero-order valence-electron chi connectivity index (χ0n) is 15.9. The molecule has 1 heterocycles. The van der Waals surface area contributed by atoms with Crippen LogP contribution in [0.15, 0.2) is 79.1 Å². The van der Waals surface area contributed by atoms with E-state index in [9.17, 15) is 4.79 Å². The van der Waals surface area contributed by atoms with Gasteiger partial charge in [-0.05, 0) is 36.2 Å². The number of benzene rings is 2. The van der Waals surface area contributed by atoms with Gasteiger partial charge < -0.3 is 14.8 Å². The molecule has 0 bridgehead atoms. The number of aromatic nitrogens is 1. The van der Waals surface area contributed by atoms with Gasteiger partial charge in [0.2, 0.25) is 5.91 Å². The quantitative estimate of drug-likeness (QED) is 0.616. The largest absolute Gasteiger partial charge is 0.489 e. The van der Waals surface area contributed by atoms with Crippen molar-refractivity contribution < 1.29 is 14.3 Å². The van der Waals surface area contributed by atoms with Crippen molar-refractivity contribution in [1.82, 2.24) is 10.3 Å². The van der Waals surface area contributed by atoms with Gasteiger partial charge in [-0.1, -0.05) is 48.5 Å². The minimum Gasteiger partial charge on any atom is -0.489 e. The lowest BCUT2D eigenvalue weighted by atomic mass is 10.2. The van der Waals surface area contributed by atoms with Gasteiger partial charge in [0, 0.05) is 24.5 Å². The van der Waals surface area contributed by atoms with Gasteiger partial charge in [0.15, 0.2) is 0 Å². The molecule has 3 rings (SSSR count). The Morgan fingerprint density at radius 2 is 1.68 bits per heavy atom. The maximum atomic E-state index is 12.2. The summed E-state index contributed by atoms with van der Waals surface area (Å²) in [7, 11) is 0. The summed E-state index contributed by atoms with van der Waals surface area (Å²) in [5.41, 5.74) is 3.06. The lowest BCUT2D eigenvalue weighted by Gasteiger charge is -2.14. The van der Waals surface area contributed by atoms with Crippen molar-refractivity contribution in [1.29, 1.82) is 0 Å². The molecule has 1 aromatic heterocycles. The molecule has 0 fully saturated rings. The second-order valence-corrected chi connectivity index (χ2v) is 6.45. The van der Waals surface area contributed by atoms with Crippen LogP contribution < -0.4 is 10.1 Å². The molecule has 0 spiro atoms. The van der Waals surface area contributed by atoms with Crippen LogP contribution in [0, 0.1) is 0 Å². The first-order valence-corrected chi connectivity index (χ1v) is 9.24. The lowest BCUT2D eigenvalue weighted by Crippen LogP contribution is -2.33. The molecule has 1 atom stereocenters. The summed E-state index contributed by atoms with van der Waals surface area (Å²) in [6, 6.07) is 21.3. The lowest BCUT2D eigenvalue weighted by molar-refractivity contribution is -0.132. The number of hydrogen-bond acceptors (Lipinski definition) is 4. The summed E-state index contributed by atoms with van der Waals surface area (Å²) in [4.78, 5) is 16.3. The maximum Gasteiger partial charge on any atom is 0.249 e. The van der Waals surface area contributed by atoms with Crippen molar-refractivity contribution in [3.8, 4) is 5.75 Å². The molecule has 2 aromatic carbocycles. The van der Waals surface area contributed by atoms with Crippen molar-refractivity contribution in [3.63, 3.8) is 0 Å². The van der Waals surface area contributed by atoms with E-state index in [0.29, 0.717) is 19.8 Å². The fourth-order valence-corrected chi connectivity index (χ4v) is 2.56. The zero-order valence-corrected chi connectivity index (χ0v) is 15.9. The summed E-state index contributed by atoms with van der Waals surface area (Å²) in [5, 5.41) is 2.90. The Kier molecular flexibility index (Phi) is 7.15. The molecule has 1 N–H and O–H groups in total. The molecule has 0 radical (unpaired) electrons. The minimum absolute atomic E-state index is 0.132. The average Bonchev–Trinajstić information content (AvgIpc) is 2.76. The van der Waals surface area contributed by atoms with Gasteiger partial charge in [-0.25, -0.2) is 0 Å². The molecule has 0 aliphatic rings. The van der Waals surface area contributed by atoms with Crippen molar-refractivity contribution in [2.45, 2.75) is 32.8 Å². The Bertz CT molecular complexity index is 852. The van der Waals surface area contributed by atoms with Crippen LogP contribution in [-0.4, -0.2) is 17.0 Å². The topological polar surface area (TPSA) is 60.5 Å². The van der Waals surface area contributed by atoms with E-state index < -0.39 is 6.10 Å². The number of hydrogen-bond donors (Lipinski definition) is 1. The average molecular weight is 376 g/mol. The molecule has 1 unspecified atom stereocenters. The van der Waals surface area contributed by atoms with Crippen LogP contribution in [0.3, 0.4) is 0 Å². The molecular weight excluding hydrogens is 352 g/mol. The minimum atomic E-state index is -0.512. The highest BCUT2D eigenvalue weighted by atomic mass is 16.5. The first kappa shape index (κ1) is 19.6. The summed E-state index contributed by atoms with van der Waals surface area (Å²) >= 11 is 0. The van der Waals surface area contributed by atoms with E-state index in [4.69, 9.17) is 9.47 Å². The number of nitrogens with zero attached hydrogens (tertiary/aromatic N) is 1. The monoisotopic (exact) mass is 376 g/mol. The van der Waals surface area contributed by atoms with Gasteiger partial charge in [-0.15, -0.1) is 0 Å². The van der Waals surface area contributed by atoms with Crippen LogP contribution in [0.2, 0.25) is 0 Å². The summed E-state index contributed by atoms with van der Waals surface area (Å²) in [6.07, 6.45) is 3.01. The third-order valence-corrected chi connectivity index (χ3v) is 4.23. The number of ether oxygens (including phenoxy) is 2. The Labute approximate surface area is 165 Å². The molecule has 5 nitrogen and oxygen atoms in total. The van der Waals surface area contributed by atoms with Crippen LogP contribution in [0.1, 0.15) is 23.6 Å². The van der Waals surface area contributed by atoms with Crippen LogP contribution in [0.25, 0.3) is 0 Å². The highest BCUT2D eigenvalue weighted by molar-refractivity contribution is 5.80. The SMILES string of the molecule is CC(OCc1ccccc1)C(=O)NCc1ccc(OCc2cccnc2)cc1. The molecule has 0 aliphatic carbocycles. The van der Waals surface area contributed by atoms with Crippen LogP contribution in [0.5, 0.6) is 5.75 Å². The predicted octanol–water partition coefficient (Wildman–Crippen LogP) is 3.88. The van der Waals surface area contributed by atoms with Gasteiger partial charge in [0.1, 0.15) is 18.5 Å². The van der Waals surface area contributed by atoms with Crippen molar-refractivity contribution in [2.75, 3.05) is 0 Å². The standard InChI is InChI=1S/C23H24N2O3/c1-18(27-16-20-6-3-2-4-7-20)23(26)25-15-19-9-11-22(12-10-19)28-17-21-8-5-13-24-14-21/h2-14,18H,15-17H2,1H3,(H,25,26). The third kappa shape index (κ3) is 6.21. The molecule has 0 aliphatic heterocycles. The normalized spacial score (nSPS) is 11.6. The molecule has 1 amide bonds. The molecule has 0 saturated carbocycles. The molecule has 0 saturated heterocycles. The van der Waals surface area contributed by atoms with Gasteiger partial charge >= 0.3 is 0 Å². The number of carbonyl (C=O) groups is 1. The van der Waals surface area contributed by atoms with Crippen molar-refractivity contribution in [3.05, 3.63) is 95.8 Å². The predicted molar refractivity (Wildman–Crippen MR) is 108 cm³/mol. The van der Waals surface area contributed by atoms with E-state index in [0.717, 1.165) is 22.4 Å². The van der Waals surface area contributed by atoms with Crippen LogP contribution in [0.4, 0.5) is 0 Å². The van der Waals surface area contributed by atoms with E-state index in [1.165, 1.54) is 0 Å². The van der Waals surface area contributed by atoms with Crippen LogP contribution in [-0.2, 0) is 29.3 Å². The van der Waals surface area contributed by atoms with Gasteiger partial charge in [-0.3, -0.25) is 9.78 Å². The first-order chi connectivity index (χ1) is 13.7. The van der Waals surface area contributed by atoms with E-state index in [1.54, 1.807) is 19.3 Å². The van der Waals surface area contributed by atoms with Gasteiger partial charge in [0.05, 0.1) is 6.61 Å². The van der Waals surface area contributed by atoms with Gasteiger partial charge in [-0.2, -0.15) is 0 Å². The third-order valence-electron chi connectivity index (χ3n) is 4.23. The smallest absolute Gasteiger partial charge is 0.249 e. The number of pyridine rings is 1. The van der Waals surface area contributed by atoms with E-state index in [2.05, 4.69) is 10.3 Å². The van der Waals surface area contributed by atoms with Crippen molar-refractivity contribution in [2.24, 2.45) is 0 Å². The van der Waals surface area contributed by atoms with Crippen LogP contribution >= 0.6 is 0 Å². The van der Waals surface area contributed by atoms with E-state index in [-0.39, 0.29) is 5.91 Å². The number of rotatable bonds is 9. The molecule has 3 aromatic rings. The highest BCUT2D eigenvalue weighted by Gasteiger charge is 2.13. The number of carbonyl (C=O) groups excluding carboxylic acids is 1. The first-order valence-electron chi connectivity index (χ1n) is 9.24. The van der Waals surface area contributed by atoms with E-state index in [1.807, 2.05) is 66.7 Å². The van der Waals surface area contributed by atoms with Crippen molar-refractivity contribution >= 4 is 5.91 Å². The Morgan fingerprint density at radius 3 is 2.39 bits per heavy atom. The number of nitrogens with one attached hydrogen (secondary N) is 1. The Hall–Kier alpha value is -3.18. The number of amides is 1. The molecular formula is C23H24N2O3. The fraction of sp³-hybridized carbons (Fsp3) is 0.217. The summed E-state index contributed by atoms with van der Waals surface area (Å²) in [6.45, 7) is 3.09.